The minimum absolute atomic E-state index is 0. The summed E-state index contributed by atoms with van der Waals surface area (Å²) in [5.41, 5.74) is 1.93. The summed E-state index contributed by atoms with van der Waals surface area (Å²) in [6.45, 7) is 4.17. The molecule has 2 heterocycles. The van der Waals surface area contributed by atoms with Crippen LogP contribution in [0.2, 0.25) is 0 Å². The van der Waals surface area contributed by atoms with Crippen LogP contribution in [0.15, 0.2) is 24.3 Å². The number of hydrogen-bond donors (Lipinski definition) is 2. The first-order valence-electron chi connectivity index (χ1n) is 8.83. The molecule has 1 aromatic rings. The molecule has 158 valence electrons. The number of piperazine rings is 1. The molecule has 3 rings (SSSR count). The Kier molecular flexibility index (Phi) is 8.91. The molecule has 0 aliphatic carbocycles. The number of alkyl halides is 2. The Morgan fingerprint density at radius 3 is 2.39 bits per heavy atom. The number of nitrogens with one attached hydrogen (secondary N) is 2. The maximum atomic E-state index is 13.2. The SMILES string of the molecule is CC(=O)N1CCN(c2ccccc2CNC(=O)C2CC(F)(F)CN2)CC1.Cl.Cl. The average Bonchev–Trinajstić information content (AvgIpc) is 3.00. The van der Waals surface area contributed by atoms with Crippen LogP contribution in [0.3, 0.4) is 0 Å². The summed E-state index contributed by atoms with van der Waals surface area (Å²) in [4.78, 5) is 27.6. The van der Waals surface area contributed by atoms with Gasteiger partial charge in [-0.3, -0.25) is 14.9 Å². The number of anilines is 1. The second-order valence-corrected chi connectivity index (χ2v) is 6.83. The number of carbonyl (C=O) groups excluding carboxylic acids is 2. The number of carbonyl (C=O) groups is 2. The molecule has 2 aliphatic heterocycles. The van der Waals surface area contributed by atoms with E-state index in [1.54, 1.807) is 6.92 Å². The summed E-state index contributed by atoms with van der Waals surface area (Å²) < 4.78 is 26.5. The van der Waals surface area contributed by atoms with Crippen molar-refractivity contribution >= 4 is 42.3 Å². The maximum absolute atomic E-state index is 13.2. The Bertz CT molecular complexity index is 685. The summed E-state index contributed by atoms with van der Waals surface area (Å²) in [5, 5.41) is 5.33. The van der Waals surface area contributed by atoms with Gasteiger partial charge in [0.15, 0.2) is 0 Å². The summed E-state index contributed by atoms with van der Waals surface area (Å²) in [6.07, 6.45) is -0.465. The van der Waals surface area contributed by atoms with Gasteiger partial charge in [0.25, 0.3) is 5.92 Å². The number of rotatable bonds is 4. The standard InChI is InChI=1S/C18H24F2N4O2.2ClH/c1-13(25)23-6-8-24(9-7-23)16-5-3-2-4-14(16)11-21-17(26)15-10-18(19,20)12-22-15;;/h2-5,15,22H,6-12H2,1H3,(H,21,26);2*1H. The van der Waals surface area contributed by atoms with Gasteiger partial charge in [0.05, 0.1) is 12.6 Å². The van der Waals surface area contributed by atoms with Crippen molar-refractivity contribution in [3.63, 3.8) is 0 Å². The molecule has 1 atom stereocenters. The molecule has 0 aromatic heterocycles. The molecule has 0 spiro atoms. The Morgan fingerprint density at radius 1 is 1.18 bits per heavy atom. The van der Waals surface area contributed by atoms with Gasteiger partial charge in [-0.25, -0.2) is 8.78 Å². The van der Waals surface area contributed by atoms with Crippen molar-refractivity contribution in [1.82, 2.24) is 15.5 Å². The average molecular weight is 439 g/mol. The van der Waals surface area contributed by atoms with E-state index in [4.69, 9.17) is 0 Å². The van der Waals surface area contributed by atoms with E-state index in [2.05, 4.69) is 15.5 Å². The van der Waals surface area contributed by atoms with Gasteiger partial charge in [-0.1, -0.05) is 18.2 Å². The molecule has 2 amide bonds. The third-order valence-electron chi connectivity index (χ3n) is 4.94. The molecule has 2 N–H and O–H groups in total. The summed E-state index contributed by atoms with van der Waals surface area (Å²) >= 11 is 0. The summed E-state index contributed by atoms with van der Waals surface area (Å²) in [6, 6.07) is 6.86. The number of benzene rings is 1. The molecule has 28 heavy (non-hydrogen) atoms. The molecule has 0 bridgehead atoms. The van der Waals surface area contributed by atoms with Gasteiger partial charge in [0.2, 0.25) is 11.8 Å². The van der Waals surface area contributed by atoms with Gasteiger partial charge in [-0.2, -0.15) is 0 Å². The molecule has 1 aromatic carbocycles. The van der Waals surface area contributed by atoms with E-state index in [0.29, 0.717) is 13.1 Å². The van der Waals surface area contributed by atoms with Crippen LogP contribution < -0.4 is 15.5 Å². The minimum atomic E-state index is -2.82. The lowest BCUT2D eigenvalue weighted by Gasteiger charge is -2.36. The first-order valence-corrected chi connectivity index (χ1v) is 8.83. The van der Waals surface area contributed by atoms with Gasteiger partial charge in [-0.05, 0) is 11.6 Å². The molecule has 6 nitrogen and oxygen atoms in total. The first kappa shape index (κ1) is 24.4. The van der Waals surface area contributed by atoms with Crippen molar-refractivity contribution in [3.8, 4) is 0 Å². The van der Waals surface area contributed by atoms with Gasteiger partial charge < -0.3 is 15.1 Å². The second kappa shape index (κ2) is 10.2. The Morgan fingerprint density at radius 2 is 1.82 bits per heavy atom. The van der Waals surface area contributed by atoms with Crippen LogP contribution in [0.4, 0.5) is 14.5 Å². The minimum Gasteiger partial charge on any atom is -0.368 e. The van der Waals surface area contributed by atoms with E-state index in [-0.39, 0.29) is 37.3 Å². The third kappa shape index (κ3) is 5.93. The zero-order chi connectivity index (χ0) is 18.7. The summed E-state index contributed by atoms with van der Waals surface area (Å²) in [5.74, 6) is -3.15. The van der Waals surface area contributed by atoms with Crippen LogP contribution in [0, 0.1) is 0 Å². The van der Waals surface area contributed by atoms with Crippen LogP contribution in [-0.2, 0) is 16.1 Å². The van der Waals surface area contributed by atoms with Crippen molar-refractivity contribution in [1.29, 1.82) is 0 Å². The predicted octanol–water partition coefficient (Wildman–Crippen LogP) is 1.81. The fourth-order valence-corrected chi connectivity index (χ4v) is 3.44. The van der Waals surface area contributed by atoms with Crippen LogP contribution in [0.1, 0.15) is 18.9 Å². The van der Waals surface area contributed by atoms with Crippen LogP contribution in [0.5, 0.6) is 0 Å². The van der Waals surface area contributed by atoms with Crippen molar-refractivity contribution in [3.05, 3.63) is 29.8 Å². The lowest BCUT2D eigenvalue weighted by Crippen LogP contribution is -2.48. The lowest BCUT2D eigenvalue weighted by atomic mass is 10.1. The van der Waals surface area contributed by atoms with Gasteiger partial charge in [0.1, 0.15) is 0 Å². The number of amides is 2. The van der Waals surface area contributed by atoms with E-state index < -0.39 is 30.8 Å². The Balaban J connectivity index is 0.00000196. The Hall–Kier alpha value is -1.64. The van der Waals surface area contributed by atoms with Crippen LogP contribution in [0.25, 0.3) is 0 Å². The third-order valence-corrected chi connectivity index (χ3v) is 4.94. The number of halogens is 4. The quantitative estimate of drug-likeness (QED) is 0.752. The first-order chi connectivity index (χ1) is 12.4. The molecule has 2 saturated heterocycles. The molecule has 2 aliphatic rings. The lowest BCUT2D eigenvalue weighted by molar-refractivity contribution is -0.129. The fraction of sp³-hybridized carbons (Fsp3) is 0.556. The van der Waals surface area contributed by atoms with E-state index in [1.165, 1.54) is 0 Å². The van der Waals surface area contributed by atoms with E-state index in [9.17, 15) is 18.4 Å². The topological polar surface area (TPSA) is 64.7 Å². The Labute approximate surface area is 175 Å². The van der Waals surface area contributed by atoms with E-state index in [0.717, 1.165) is 24.3 Å². The largest absolute Gasteiger partial charge is 0.368 e. The number of para-hydroxylation sites is 1. The predicted molar refractivity (Wildman–Crippen MR) is 109 cm³/mol. The molecular weight excluding hydrogens is 413 g/mol. The highest BCUT2D eigenvalue weighted by molar-refractivity contribution is 5.85. The fourth-order valence-electron chi connectivity index (χ4n) is 3.44. The molecule has 10 heteroatoms. The maximum Gasteiger partial charge on any atom is 0.262 e. The van der Waals surface area contributed by atoms with Crippen LogP contribution >= 0.6 is 24.8 Å². The highest BCUT2D eigenvalue weighted by Gasteiger charge is 2.42. The van der Waals surface area contributed by atoms with E-state index in [1.807, 2.05) is 29.2 Å². The normalized spacial score (nSPS) is 20.8. The highest BCUT2D eigenvalue weighted by Crippen LogP contribution is 2.26. The highest BCUT2D eigenvalue weighted by atomic mass is 35.5. The summed E-state index contributed by atoms with van der Waals surface area (Å²) in [7, 11) is 0. The van der Waals surface area contributed by atoms with Gasteiger partial charge in [0, 0.05) is 51.8 Å². The monoisotopic (exact) mass is 438 g/mol. The van der Waals surface area contributed by atoms with Gasteiger partial charge in [-0.15, -0.1) is 24.8 Å². The van der Waals surface area contributed by atoms with Crippen molar-refractivity contribution in [2.24, 2.45) is 0 Å². The molecule has 1 unspecified atom stereocenters. The van der Waals surface area contributed by atoms with Crippen LogP contribution in [-0.4, -0.2) is 61.4 Å². The van der Waals surface area contributed by atoms with Crippen molar-refractivity contribution < 1.29 is 18.4 Å². The number of hydrogen-bond acceptors (Lipinski definition) is 4. The molecular formula is C18H26Cl2F2N4O2. The van der Waals surface area contributed by atoms with Crippen molar-refractivity contribution in [2.75, 3.05) is 37.6 Å². The smallest absolute Gasteiger partial charge is 0.262 e. The molecule has 0 saturated carbocycles. The second-order valence-electron chi connectivity index (χ2n) is 6.83. The van der Waals surface area contributed by atoms with E-state index >= 15 is 0 Å². The molecule has 2 fully saturated rings. The van der Waals surface area contributed by atoms with Gasteiger partial charge >= 0.3 is 0 Å². The zero-order valence-electron chi connectivity index (χ0n) is 15.6. The number of nitrogens with zero attached hydrogens (tertiary/aromatic N) is 2. The molecule has 0 radical (unpaired) electrons. The zero-order valence-corrected chi connectivity index (χ0v) is 17.3. The van der Waals surface area contributed by atoms with Crippen molar-refractivity contribution in [2.45, 2.75) is 31.9 Å².